The molecule has 2 nitrogen and oxygen atoms in total. The third kappa shape index (κ3) is 6.27. The van der Waals surface area contributed by atoms with Gasteiger partial charge < -0.3 is 8.85 Å². The van der Waals surface area contributed by atoms with Crippen LogP contribution in [0, 0.1) is 13.8 Å². The van der Waals surface area contributed by atoms with Crippen molar-refractivity contribution in [3.63, 3.8) is 0 Å². The molecular weight excluding hydrogens is 672 g/mol. The minimum absolute atomic E-state index is 0.199. The molecule has 0 radical (unpaired) electrons. The van der Waals surface area contributed by atoms with Crippen molar-refractivity contribution in [2.24, 2.45) is 0 Å². The maximum absolute atomic E-state index is 15.2. The lowest BCUT2D eigenvalue weighted by atomic mass is 9.91. The van der Waals surface area contributed by atoms with Crippen LogP contribution in [-0.2, 0) is 20.1 Å². The smallest absolute Gasteiger partial charge is 0.362 e. The molecule has 0 N–H and O–H groups in total. The van der Waals surface area contributed by atoms with Crippen LogP contribution in [0.2, 0.25) is 0 Å². The average Bonchev–Trinajstić information content (AvgIpc) is 2.97. The summed E-state index contributed by atoms with van der Waals surface area (Å²) < 4.78 is 192. The summed E-state index contributed by atoms with van der Waals surface area (Å²) in [5.41, 5.74) is -13.9. The van der Waals surface area contributed by atoms with Crippen LogP contribution in [0.15, 0.2) is 109 Å². The van der Waals surface area contributed by atoms with Crippen LogP contribution in [0.5, 0.6) is 0 Å². The lowest BCUT2D eigenvalue weighted by Crippen LogP contribution is -2.75. The first kappa shape index (κ1) is 36.0. The van der Waals surface area contributed by atoms with E-state index in [0.29, 0.717) is 24.3 Å². The molecule has 4 aromatic carbocycles. The highest BCUT2D eigenvalue weighted by atomic mass is 28.4. The molecule has 0 saturated carbocycles. The topological polar surface area (TPSA) is 18.5 Å². The predicted octanol–water partition coefficient (Wildman–Crippen LogP) is 8.93. The number of aryl methyl sites for hydroxylation is 2. The molecule has 0 fully saturated rings. The van der Waals surface area contributed by atoms with Crippen molar-refractivity contribution in [2.75, 3.05) is 0 Å². The first-order valence-electron chi connectivity index (χ1n) is 13.5. The van der Waals surface area contributed by atoms with Crippen LogP contribution in [0.4, 0.5) is 52.7 Å². The number of hydrogen-bond donors (Lipinski definition) is 0. The molecule has 0 unspecified atom stereocenters. The fourth-order valence-electron chi connectivity index (χ4n) is 5.07. The van der Waals surface area contributed by atoms with E-state index in [1.807, 2.05) is 0 Å². The zero-order valence-corrected chi connectivity index (χ0v) is 25.2. The van der Waals surface area contributed by atoms with Gasteiger partial charge in [0.2, 0.25) is 0 Å². The van der Waals surface area contributed by atoms with Crippen molar-refractivity contribution >= 4 is 18.9 Å². The minimum atomic E-state index is -6.53. The van der Waals surface area contributed by atoms with Gasteiger partial charge in [-0.05, 0) is 24.2 Å². The van der Waals surface area contributed by atoms with E-state index in [0.717, 1.165) is 72.8 Å². The Morgan fingerprint density at radius 3 is 0.872 bits per heavy atom. The molecule has 4 aromatic rings. The summed E-state index contributed by atoms with van der Waals surface area (Å²) in [6.45, 7) is 2.68. The number of benzene rings is 4. The molecule has 0 aliphatic carbocycles. The van der Waals surface area contributed by atoms with Gasteiger partial charge in [-0.15, -0.1) is 0 Å². The van der Waals surface area contributed by atoms with Gasteiger partial charge >= 0.3 is 33.3 Å². The maximum Gasteiger partial charge on any atom is 0.429 e. The van der Waals surface area contributed by atoms with Crippen molar-refractivity contribution in [1.82, 2.24) is 0 Å². The number of alkyl halides is 12. The first-order chi connectivity index (χ1) is 21.6. The third-order valence-electron chi connectivity index (χ3n) is 7.41. The second kappa shape index (κ2) is 12.3. The van der Waals surface area contributed by atoms with E-state index in [1.54, 1.807) is 0 Å². The normalized spacial score (nSPS) is 13.9. The summed E-state index contributed by atoms with van der Waals surface area (Å²) in [7, 11) is -6.53. The van der Waals surface area contributed by atoms with Crippen LogP contribution in [0.1, 0.15) is 22.3 Å². The molecular formula is C32H24F12O2Si. The van der Waals surface area contributed by atoms with Gasteiger partial charge in [-0.25, -0.2) is 0 Å². The van der Waals surface area contributed by atoms with E-state index >= 15 is 52.7 Å². The summed E-state index contributed by atoms with van der Waals surface area (Å²) in [4.78, 5) is 0. The van der Waals surface area contributed by atoms with E-state index in [4.69, 9.17) is 8.85 Å². The molecule has 0 aliphatic heterocycles. The SMILES string of the molecule is Cc1ccc(C(O[Si](OC(c2ccc(C)cc2)(C(F)(F)F)C(F)(F)F)(c2ccccc2)c2ccccc2)(C(F)(F)F)C(F)(F)F)cc1. The fraction of sp³-hybridized carbons (Fsp3) is 0.250. The average molecular weight is 697 g/mol. The molecule has 4 rings (SSSR count). The van der Waals surface area contributed by atoms with Crippen molar-refractivity contribution < 1.29 is 61.5 Å². The van der Waals surface area contributed by atoms with Gasteiger partial charge in [0, 0.05) is 11.1 Å². The number of hydrogen-bond acceptors (Lipinski definition) is 2. The lowest BCUT2D eigenvalue weighted by Gasteiger charge is -2.48. The summed E-state index contributed by atoms with van der Waals surface area (Å²) in [6, 6.07) is 14.5. The molecule has 0 heterocycles. The van der Waals surface area contributed by atoms with E-state index in [2.05, 4.69) is 0 Å². The van der Waals surface area contributed by atoms with E-state index < -0.39 is 66.0 Å². The highest BCUT2D eigenvalue weighted by molar-refractivity contribution is 6.92. The van der Waals surface area contributed by atoms with E-state index in [1.165, 1.54) is 26.0 Å². The Morgan fingerprint density at radius 2 is 0.638 bits per heavy atom. The zero-order valence-electron chi connectivity index (χ0n) is 24.2. The molecule has 15 heteroatoms. The Morgan fingerprint density at radius 1 is 0.383 bits per heavy atom. The summed E-state index contributed by atoms with van der Waals surface area (Å²) in [6.07, 6.45) is -26.0. The molecule has 0 bridgehead atoms. The number of halogens is 12. The second-order valence-corrected chi connectivity index (χ2v) is 13.4. The quantitative estimate of drug-likeness (QED) is 0.135. The summed E-state index contributed by atoms with van der Waals surface area (Å²) in [5.74, 6) is 0. The molecule has 0 atom stereocenters. The van der Waals surface area contributed by atoms with Crippen molar-refractivity contribution in [2.45, 2.75) is 49.8 Å². The molecule has 0 saturated heterocycles. The van der Waals surface area contributed by atoms with E-state index in [-0.39, 0.29) is 11.1 Å². The molecule has 0 aromatic heterocycles. The monoisotopic (exact) mass is 696 g/mol. The Balaban J connectivity index is 2.26. The van der Waals surface area contributed by atoms with Crippen molar-refractivity contribution in [1.29, 1.82) is 0 Å². The zero-order chi connectivity index (χ0) is 35.1. The van der Waals surface area contributed by atoms with E-state index in [9.17, 15) is 0 Å². The highest BCUT2D eigenvalue weighted by Gasteiger charge is 2.80. The Bertz CT molecular complexity index is 1480. The largest absolute Gasteiger partial charge is 0.429 e. The van der Waals surface area contributed by atoms with Crippen LogP contribution >= 0.6 is 0 Å². The Hall–Kier alpha value is -3.82. The van der Waals surface area contributed by atoms with Crippen LogP contribution in [0.3, 0.4) is 0 Å². The number of rotatable bonds is 8. The Labute approximate surface area is 261 Å². The van der Waals surface area contributed by atoms with Gasteiger partial charge in [0.1, 0.15) is 0 Å². The second-order valence-electron chi connectivity index (χ2n) is 10.6. The standard InChI is InChI=1S/C32H24F12O2Si/c1-21-13-17-23(18-14-21)27(29(33,34)35,30(36,37)38)45-47(25-9-5-3-6-10-25,26-11-7-4-8-12-26)46-28(31(39,40)41,32(42,43)44)24-19-15-22(2)16-20-24/h3-20H,1-2H3. The molecule has 0 spiro atoms. The minimum Gasteiger partial charge on any atom is -0.362 e. The van der Waals surface area contributed by atoms with Crippen LogP contribution in [0.25, 0.3) is 0 Å². The van der Waals surface area contributed by atoms with Gasteiger partial charge in [-0.2, -0.15) is 52.7 Å². The van der Waals surface area contributed by atoms with Gasteiger partial charge in [0.25, 0.3) is 11.2 Å². The van der Waals surface area contributed by atoms with Gasteiger partial charge in [-0.3, -0.25) is 0 Å². The lowest BCUT2D eigenvalue weighted by molar-refractivity contribution is -0.387. The van der Waals surface area contributed by atoms with Crippen molar-refractivity contribution in [3.8, 4) is 0 Å². The molecule has 0 amide bonds. The summed E-state index contributed by atoms with van der Waals surface area (Å²) in [5, 5.41) is -1.80. The third-order valence-corrected chi connectivity index (χ3v) is 10.8. The van der Waals surface area contributed by atoms with Gasteiger partial charge in [-0.1, -0.05) is 120 Å². The molecule has 252 valence electrons. The fourth-order valence-corrected chi connectivity index (χ4v) is 8.74. The van der Waals surface area contributed by atoms with Crippen LogP contribution in [-0.4, -0.2) is 33.3 Å². The van der Waals surface area contributed by atoms with Gasteiger partial charge in [0.05, 0.1) is 0 Å². The Kier molecular flexibility index (Phi) is 9.44. The predicted molar refractivity (Wildman–Crippen MR) is 150 cm³/mol. The first-order valence-corrected chi connectivity index (χ1v) is 15.4. The van der Waals surface area contributed by atoms with Crippen molar-refractivity contribution in [3.05, 3.63) is 131 Å². The van der Waals surface area contributed by atoms with Crippen LogP contribution < -0.4 is 10.4 Å². The van der Waals surface area contributed by atoms with Gasteiger partial charge in [0.15, 0.2) is 0 Å². The summed E-state index contributed by atoms with van der Waals surface area (Å²) >= 11 is 0. The maximum atomic E-state index is 15.2. The molecule has 0 aliphatic rings. The highest BCUT2D eigenvalue weighted by Crippen LogP contribution is 2.58. The molecule has 47 heavy (non-hydrogen) atoms.